The van der Waals surface area contributed by atoms with Crippen LogP contribution in [-0.2, 0) is 24.4 Å². The number of fused-ring (bicyclic) bond motifs is 1. The lowest BCUT2D eigenvalue weighted by molar-refractivity contribution is -0.00179. The summed E-state index contributed by atoms with van der Waals surface area (Å²) < 4.78 is 18.1. The minimum absolute atomic E-state index is 0.150. The second-order valence-electron chi connectivity index (χ2n) is 6.67. The second kappa shape index (κ2) is 8.32. The highest BCUT2D eigenvalue weighted by Crippen LogP contribution is 2.28. The second-order valence-corrected chi connectivity index (χ2v) is 6.67. The van der Waals surface area contributed by atoms with E-state index in [1.165, 1.54) is 0 Å². The smallest absolute Gasteiger partial charge is 0.274 e. The van der Waals surface area contributed by atoms with Gasteiger partial charge in [0.1, 0.15) is 17.6 Å². The third-order valence-corrected chi connectivity index (χ3v) is 4.89. The van der Waals surface area contributed by atoms with E-state index in [9.17, 15) is 4.79 Å². The molecule has 0 bridgehead atoms. The molecule has 1 aliphatic heterocycles. The monoisotopic (exact) mass is 394 g/mol. The Bertz CT molecular complexity index is 1000. The molecule has 0 saturated carbocycles. The van der Waals surface area contributed by atoms with E-state index in [2.05, 4.69) is 15.6 Å². The summed E-state index contributed by atoms with van der Waals surface area (Å²) in [4.78, 5) is 12.6. The third kappa shape index (κ3) is 4.07. The lowest BCUT2D eigenvalue weighted by atomic mass is 10.1. The number of ether oxygens (including phenoxy) is 3. The molecule has 0 aliphatic carbocycles. The van der Waals surface area contributed by atoms with Crippen molar-refractivity contribution in [3.63, 3.8) is 0 Å². The molecular formula is C21H22N4O4. The number of carbonyl (C=O) groups excluding carboxylic acids is 1. The standard InChI is InChI=1S/C21H22N4O4/c1-27-16-8-6-15(7-9-16)19-12-25-18(13-29-19)20(23-24-25)21(26)22-11-14-4-3-5-17(10-14)28-2/h3-10,19H,11-13H2,1-2H3,(H,22,26). The average Bonchev–Trinajstić information content (AvgIpc) is 3.21. The van der Waals surface area contributed by atoms with Crippen LogP contribution in [0.25, 0.3) is 0 Å². The van der Waals surface area contributed by atoms with E-state index < -0.39 is 0 Å². The maximum Gasteiger partial charge on any atom is 0.274 e. The van der Waals surface area contributed by atoms with Crippen molar-refractivity contribution in [3.05, 3.63) is 71.0 Å². The van der Waals surface area contributed by atoms with Crippen molar-refractivity contribution in [3.8, 4) is 11.5 Å². The molecule has 0 fully saturated rings. The third-order valence-electron chi connectivity index (χ3n) is 4.89. The van der Waals surface area contributed by atoms with Crippen LogP contribution in [0.1, 0.15) is 33.4 Å². The lowest BCUT2D eigenvalue weighted by Crippen LogP contribution is -2.27. The lowest BCUT2D eigenvalue weighted by Gasteiger charge is -2.24. The summed E-state index contributed by atoms with van der Waals surface area (Å²) >= 11 is 0. The number of hydrogen-bond acceptors (Lipinski definition) is 6. The fraction of sp³-hybridized carbons (Fsp3) is 0.286. The number of methoxy groups -OCH3 is 2. The summed E-state index contributed by atoms with van der Waals surface area (Å²) in [5, 5.41) is 11.1. The minimum atomic E-state index is -0.277. The van der Waals surface area contributed by atoms with Gasteiger partial charge in [0.15, 0.2) is 5.69 Å². The summed E-state index contributed by atoms with van der Waals surface area (Å²) in [7, 11) is 3.24. The van der Waals surface area contributed by atoms with Crippen LogP contribution in [0.5, 0.6) is 11.5 Å². The molecule has 1 N–H and O–H groups in total. The molecule has 29 heavy (non-hydrogen) atoms. The number of nitrogens with zero attached hydrogens (tertiary/aromatic N) is 3. The number of nitrogens with one attached hydrogen (secondary N) is 1. The van der Waals surface area contributed by atoms with Crippen molar-refractivity contribution in [1.29, 1.82) is 0 Å². The molecule has 0 saturated heterocycles. The fourth-order valence-corrected chi connectivity index (χ4v) is 3.26. The van der Waals surface area contributed by atoms with Gasteiger partial charge >= 0.3 is 0 Å². The predicted octanol–water partition coefficient (Wildman–Crippen LogP) is 2.50. The molecule has 8 heteroatoms. The van der Waals surface area contributed by atoms with Gasteiger partial charge in [-0.2, -0.15) is 0 Å². The average molecular weight is 394 g/mol. The van der Waals surface area contributed by atoms with E-state index >= 15 is 0 Å². The van der Waals surface area contributed by atoms with Crippen LogP contribution in [0, 0.1) is 0 Å². The van der Waals surface area contributed by atoms with Gasteiger partial charge in [-0.1, -0.05) is 29.5 Å². The quantitative estimate of drug-likeness (QED) is 0.691. The van der Waals surface area contributed by atoms with Crippen LogP contribution in [0.3, 0.4) is 0 Å². The molecule has 4 rings (SSSR count). The Kier molecular flexibility index (Phi) is 5.44. The van der Waals surface area contributed by atoms with Crippen molar-refractivity contribution in [2.75, 3.05) is 14.2 Å². The van der Waals surface area contributed by atoms with Gasteiger partial charge in [-0.05, 0) is 35.4 Å². The van der Waals surface area contributed by atoms with E-state index in [-0.39, 0.29) is 18.6 Å². The van der Waals surface area contributed by atoms with Crippen molar-refractivity contribution >= 4 is 5.91 Å². The first-order valence-corrected chi connectivity index (χ1v) is 9.27. The summed E-state index contributed by atoms with van der Waals surface area (Å²) in [5.41, 5.74) is 2.93. The van der Waals surface area contributed by atoms with Gasteiger partial charge in [-0.15, -0.1) is 5.10 Å². The molecule has 1 amide bonds. The molecule has 0 spiro atoms. The number of carbonyl (C=O) groups is 1. The van der Waals surface area contributed by atoms with Crippen molar-refractivity contribution in [2.24, 2.45) is 0 Å². The largest absolute Gasteiger partial charge is 0.497 e. The SMILES string of the molecule is COc1ccc(C2Cn3nnc(C(=O)NCc4cccc(OC)c4)c3CO2)cc1. The summed E-state index contributed by atoms with van der Waals surface area (Å²) in [6.07, 6.45) is -0.150. The zero-order valence-corrected chi connectivity index (χ0v) is 16.3. The Hall–Kier alpha value is -3.39. The van der Waals surface area contributed by atoms with Crippen molar-refractivity contribution < 1.29 is 19.0 Å². The van der Waals surface area contributed by atoms with Crippen LogP contribution >= 0.6 is 0 Å². The number of benzene rings is 2. The first kappa shape index (κ1) is 18.9. The van der Waals surface area contributed by atoms with Gasteiger partial charge in [0.25, 0.3) is 5.91 Å². The molecule has 1 aromatic heterocycles. The highest BCUT2D eigenvalue weighted by atomic mass is 16.5. The van der Waals surface area contributed by atoms with Gasteiger partial charge in [-0.3, -0.25) is 4.79 Å². The Balaban J connectivity index is 1.42. The molecule has 150 valence electrons. The van der Waals surface area contributed by atoms with Gasteiger partial charge < -0.3 is 19.5 Å². The first-order chi connectivity index (χ1) is 14.2. The van der Waals surface area contributed by atoms with Gasteiger partial charge in [0.05, 0.1) is 33.1 Å². The highest BCUT2D eigenvalue weighted by molar-refractivity contribution is 5.93. The van der Waals surface area contributed by atoms with Crippen molar-refractivity contribution in [2.45, 2.75) is 25.8 Å². The van der Waals surface area contributed by atoms with Crippen LogP contribution in [0.2, 0.25) is 0 Å². The number of hydrogen-bond donors (Lipinski definition) is 1. The topological polar surface area (TPSA) is 87.5 Å². The molecule has 3 aromatic rings. The van der Waals surface area contributed by atoms with E-state index in [4.69, 9.17) is 14.2 Å². The molecule has 1 atom stereocenters. The van der Waals surface area contributed by atoms with Gasteiger partial charge in [0.2, 0.25) is 0 Å². The Morgan fingerprint density at radius 2 is 1.97 bits per heavy atom. The summed E-state index contributed by atoms with van der Waals surface area (Å²) in [6, 6.07) is 15.3. The summed E-state index contributed by atoms with van der Waals surface area (Å²) in [5.74, 6) is 1.26. The molecule has 8 nitrogen and oxygen atoms in total. The van der Waals surface area contributed by atoms with E-state index in [0.29, 0.717) is 24.5 Å². The summed E-state index contributed by atoms with van der Waals surface area (Å²) in [6.45, 7) is 1.14. The molecule has 1 unspecified atom stereocenters. The maximum atomic E-state index is 12.6. The zero-order chi connectivity index (χ0) is 20.2. The van der Waals surface area contributed by atoms with Gasteiger partial charge in [-0.25, -0.2) is 4.68 Å². The normalized spacial score (nSPS) is 15.4. The maximum absolute atomic E-state index is 12.6. The van der Waals surface area contributed by atoms with Crippen LogP contribution in [-0.4, -0.2) is 35.1 Å². The van der Waals surface area contributed by atoms with Crippen LogP contribution in [0.15, 0.2) is 48.5 Å². The molecule has 0 radical (unpaired) electrons. The first-order valence-electron chi connectivity index (χ1n) is 9.27. The van der Waals surface area contributed by atoms with E-state index in [0.717, 1.165) is 22.6 Å². The highest BCUT2D eigenvalue weighted by Gasteiger charge is 2.27. The zero-order valence-electron chi connectivity index (χ0n) is 16.3. The Morgan fingerprint density at radius 1 is 1.17 bits per heavy atom. The van der Waals surface area contributed by atoms with E-state index in [1.807, 2.05) is 48.5 Å². The predicted molar refractivity (Wildman–Crippen MR) is 105 cm³/mol. The molecular weight excluding hydrogens is 372 g/mol. The van der Waals surface area contributed by atoms with E-state index in [1.54, 1.807) is 18.9 Å². The van der Waals surface area contributed by atoms with Crippen LogP contribution in [0.4, 0.5) is 0 Å². The molecule has 1 aliphatic rings. The molecule has 2 heterocycles. The fourth-order valence-electron chi connectivity index (χ4n) is 3.26. The van der Waals surface area contributed by atoms with Gasteiger partial charge in [0, 0.05) is 6.54 Å². The molecule has 2 aromatic carbocycles. The number of amides is 1. The van der Waals surface area contributed by atoms with Crippen LogP contribution < -0.4 is 14.8 Å². The number of rotatable bonds is 6. The minimum Gasteiger partial charge on any atom is -0.497 e. The van der Waals surface area contributed by atoms with Crippen molar-refractivity contribution in [1.82, 2.24) is 20.3 Å². The Labute approximate surface area is 168 Å². The Morgan fingerprint density at radius 3 is 2.72 bits per heavy atom. The number of aromatic nitrogens is 3.